The summed E-state index contributed by atoms with van der Waals surface area (Å²) in [4.78, 5) is 0. The fraction of sp³-hybridized carbons (Fsp3) is 0.333. The van der Waals surface area contributed by atoms with Crippen molar-refractivity contribution in [3.8, 4) is 11.8 Å². The van der Waals surface area contributed by atoms with Crippen molar-refractivity contribution in [2.75, 3.05) is 0 Å². The minimum atomic E-state index is 0.583. The molecule has 0 fully saturated rings. The Bertz CT molecular complexity index is 380. The van der Waals surface area contributed by atoms with Crippen LogP contribution in [0.4, 0.5) is 0 Å². The lowest BCUT2D eigenvalue weighted by molar-refractivity contribution is 1.09. The predicted molar refractivity (Wildman–Crippen MR) is 72.8 cm³/mol. The highest BCUT2D eigenvalue weighted by molar-refractivity contribution is 5.61. The average Bonchev–Trinajstić information content (AvgIpc) is 2.28. The van der Waals surface area contributed by atoms with Crippen LogP contribution in [0, 0.1) is 11.8 Å². The van der Waals surface area contributed by atoms with E-state index in [1.54, 1.807) is 0 Å². The zero-order valence-corrected chi connectivity index (χ0v) is 10.5. The SMILES string of the molecule is C=C(N)c1cccc(C#CCC)c1.CCC. The van der Waals surface area contributed by atoms with Gasteiger partial charge in [-0.05, 0) is 17.7 Å². The number of nitrogens with two attached hydrogens (primary N) is 1. The molecule has 0 saturated heterocycles. The topological polar surface area (TPSA) is 26.0 Å². The molecular weight excluding hydrogens is 194 g/mol. The van der Waals surface area contributed by atoms with Crippen molar-refractivity contribution in [1.82, 2.24) is 0 Å². The lowest BCUT2D eigenvalue weighted by atomic mass is 10.1. The standard InChI is InChI=1S/C12H13N.C3H8/c1-3-4-6-11-7-5-8-12(9-11)10(2)13;1-3-2/h5,7-9H,2-3,13H2,1H3;3H2,1-2H3. The van der Waals surface area contributed by atoms with E-state index in [4.69, 9.17) is 5.73 Å². The average molecular weight is 215 g/mol. The number of benzene rings is 1. The largest absolute Gasteiger partial charge is 0.399 e. The quantitative estimate of drug-likeness (QED) is 0.709. The van der Waals surface area contributed by atoms with Gasteiger partial charge in [0.1, 0.15) is 0 Å². The summed E-state index contributed by atoms with van der Waals surface area (Å²) < 4.78 is 0. The van der Waals surface area contributed by atoms with Crippen molar-refractivity contribution in [1.29, 1.82) is 0 Å². The summed E-state index contributed by atoms with van der Waals surface area (Å²) in [5.41, 5.74) is 8.09. The summed E-state index contributed by atoms with van der Waals surface area (Å²) >= 11 is 0. The Kier molecular flexibility index (Phi) is 7.71. The van der Waals surface area contributed by atoms with Crippen LogP contribution in [0.3, 0.4) is 0 Å². The van der Waals surface area contributed by atoms with E-state index in [-0.39, 0.29) is 0 Å². The van der Waals surface area contributed by atoms with Gasteiger partial charge in [0.15, 0.2) is 0 Å². The molecule has 0 heterocycles. The van der Waals surface area contributed by atoms with Gasteiger partial charge in [0.2, 0.25) is 0 Å². The molecule has 86 valence electrons. The van der Waals surface area contributed by atoms with Gasteiger partial charge in [-0.2, -0.15) is 0 Å². The number of rotatable bonds is 1. The van der Waals surface area contributed by atoms with Gasteiger partial charge in [-0.15, -0.1) is 0 Å². The fourth-order valence-electron chi connectivity index (χ4n) is 0.987. The van der Waals surface area contributed by atoms with Gasteiger partial charge in [0, 0.05) is 17.7 Å². The molecule has 0 radical (unpaired) electrons. The smallest absolute Gasteiger partial charge is 0.0315 e. The molecule has 0 spiro atoms. The molecule has 1 aromatic carbocycles. The van der Waals surface area contributed by atoms with E-state index >= 15 is 0 Å². The number of hydrogen-bond donors (Lipinski definition) is 1. The van der Waals surface area contributed by atoms with Crippen LogP contribution in [0.25, 0.3) is 5.70 Å². The third-order valence-electron chi connectivity index (χ3n) is 1.64. The van der Waals surface area contributed by atoms with E-state index in [0.29, 0.717) is 5.70 Å². The summed E-state index contributed by atoms with van der Waals surface area (Å²) in [5.74, 6) is 6.05. The van der Waals surface area contributed by atoms with Gasteiger partial charge in [-0.3, -0.25) is 0 Å². The molecule has 0 unspecified atom stereocenters. The van der Waals surface area contributed by atoms with Gasteiger partial charge >= 0.3 is 0 Å². The number of hydrogen-bond acceptors (Lipinski definition) is 1. The van der Waals surface area contributed by atoms with E-state index < -0.39 is 0 Å². The van der Waals surface area contributed by atoms with Crippen molar-refractivity contribution in [2.45, 2.75) is 33.6 Å². The lowest BCUT2D eigenvalue weighted by Crippen LogP contribution is -1.93. The van der Waals surface area contributed by atoms with E-state index in [1.165, 1.54) is 6.42 Å². The van der Waals surface area contributed by atoms with Crippen LogP contribution in [0.15, 0.2) is 30.8 Å². The van der Waals surface area contributed by atoms with Crippen LogP contribution in [0.2, 0.25) is 0 Å². The summed E-state index contributed by atoms with van der Waals surface area (Å²) in [5, 5.41) is 0. The summed E-state index contributed by atoms with van der Waals surface area (Å²) in [6.45, 7) is 9.95. The zero-order chi connectivity index (χ0) is 12.4. The molecule has 0 aromatic heterocycles. The van der Waals surface area contributed by atoms with E-state index in [1.807, 2.05) is 31.2 Å². The fourth-order valence-corrected chi connectivity index (χ4v) is 0.987. The predicted octanol–water partition coefficient (Wildman–Crippen LogP) is 3.79. The maximum Gasteiger partial charge on any atom is 0.0315 e. The summed E-state index contributed by atoms with van der Waals surface area (Å²) in [6.07, 6.45) is 2.12. The Balaban J connectivity index is 0.000000673. The van der Waals surface area contributed by atoms with Crippen molar-refractivity contribution in [2.24, 2.45) is 5.73 Å². The Morgan fingerprint density at radius 2 is 1.94 bits per heavy atom. The molecule has 0 saturated carbocycles. The van der Waals surface area contributed by atoms with E-state index in [0.717, 1.165) is 17.5 Å². The normalized spacial score (nSPS) is 8.19. The maximum atomic E-state index is 5.57. The minimum absolute atomic E-state index is 0.583. The van der Waals surface area contributed by atoms with Crippen LogP contribution in [0.5, 0.6) is 0 Å². The monoisotopic (exact) mass is 215 g/mol. The molecule has 1 heteroatoms. The molecule has 0 atom stereocenters. The first kappa shape index (κ1) is 14.3. The molecule has 1 aromatic rings. The maximum absolute atomic E-state index is 5.57. The molecule has 0 aliphatic rings. The molecule has 0 aliphatic carbocycles. The molecule has 0 bridgehead atoms. The first-order valence-corrected chi connectivity index (χ1v) is 5.69. The third-order valence-corrected chi connectivity index (χ3v) is 1.64. The van der Waals surface area contributed by atoms with Crippen LogP contribution < -0.4 is 5.73 Å². The molecule has 1 rings (SSSR count). The zero-order valence-electron chi connectivity index (χ0n) is 10.5. The van der Waals surface area contributed by atoms with Crippen molar-refractivity contribution in [3.63, 3.8) is 0 Å². The molecular formula is C15H21N. The minimum Gasteiger partial charge on any atom is -0.399 e. The molecule has 2 N–H and O–H groups in total. The van der Waals surface area contributed by atoms with E-state index in [2.05, 4.69) is 32.3 Å². The van der Waals surface area contributed by atoms with Crippen LogP contribution in [-0.4, -0.2) is 0 Å². The van der Waals surface area contributed by atoms with E-state index in [9.17, 15) is 0 Å². The highest BCUT2D eigenvalue weighted by atomic mass is 14.6. The van der Waals surface area contributed by atoms with Gasteiger partial charge in [0.05, 0.1) is 0 Å². The van der Waals surface area contributed by atoms with Crippen LogP contribution in [0.1, 0.15) is 44.7 Å². The highest BCUT2D eigenvalue weighted by Gasteiger charge is 1.93. The molecule has 0 amide bonds. The van der Waals surface area contributed by atoms with Crippen molar-refractivity contribution < 1.29 is 0 Å². The molecule has 1 nitrogen and oxygen atoms in total. The van der Waals surface area contributed by atoms with Crippen LogP contribution in [-0.2, 0) is 0 Å². The van der Waals surface area contributed by atoms with Gasteiger partial charge in [-0.25, -0.2) is 0 Å². The first-order chi connectivity index (χ1) is 7.65. The van der Waals surface area contributed by atoms with Crippen LogP contribution >= 0.6 is 0 Å². The second-order valence-corrected chi connectivity index (χ2v) is 3.47. The highest BCUT2D eigenvalue weighted by Crippen LogP contribution is 2.08. The third kappa shape index (κ3) is 5.93. The Labute approximate surface area is 99.4 Å². The second kappa shape index (κ2) is 8.61. The van der Waals surface area contributed by atoms with Crippen molar-refractivity contribution in [3.05, 3.63) is 42.0 Å². The summed E-state index contributed by atoms with van der Waals surface area (Å²) in [7, 11) is 0. The van der Waals surface area contributed by atoms with Gasteiger partial charge in [-0.1, -0.05) is 57.7 Å². The first-order valence-electron chi connectivity index (χ1n) is 5.69. The van der Waals surface area contributed by atoms with Gasteiger partial charge in [0.25, 0.3) is 0 Å². The summed E-state index contributed by atoms with van der Waals surface area (Å²) in [6, 6.07) is 7.78. The lowest BCUT2D eigenvalue weighted by Gasteiger charge is -1.98. The molecule has 0 aliphatic heterocycles. The Morgan fingerprint density at radius 1 is 1.31 bits per heavy atom. The Hall–Kier alpha value is -1.68. The second-order valence-electron chi connectivity index (χ2n) is 3.47. The Morgan fingerprint density at radius 3 is 2.44 bits per heavy atom. The van der Waals surface area contributed by atoms with Gasteiger partial charge < -0.3 is 5.73 Å². The molecule has 16 heavy (non-hydrogen) atoms. The van der Waals surface area contributed by atoms with Crippen molar-refractivity contribution >= 4 is 5.70 Å².